The summed E-state index contributed by atoms with van der Waals surface area (Å²) in [5.74, 6) is 1.76. The third-order valence-corrected chi connectivity index (χ3v) is 3.74. The first-order valence-electron chi connectivity index (χ1n) is 7.84. The van der Waals surface area contributed by atoms with Gasteiger partial charge in [-0.1, -0.05) is 42.5 Å². The second-order valence-electron chi connectivity index (χ2n) is 5.51. The van der Waals surface area contributed by atoms with E-state index in [4.69, 9.17) is 0 Å². The minimum absolute atomic E-state index is 0.811. The largest absolute Gasteiger partial charge is 0.369 e. The Kier molecular flexibility index (Phi) is 4.64. The molecule has 0 amide bonds. The van der Waals surface area contributed by atoms with Crippen molar-refractivity contribution in [1.29, 1.82) is 0 Å². The highest BCUT2D eigenvalue weighted by molar-refractivity contribution is 5.88. The van der Waals surface area contributed by atoms with Crippen molar-refractivity contribution in [1.82, 2.24) is 9.97 Å². The first-order valence-corrected chi connectivity index (χ1v) is 7.84. The zero-order chi connectivity index (χ0) is 15.2. The van der Waals surface area contributed by atoms with Crippen LogP contribution in [0, 0.1) is 6.92 Å². The van der Waals surface area contributed by atoms with Crippen LogP contribution < -0.4 is 5.32 Å². The lowest BCUT2D eigenvalue weighted by molar-refractivity contribution is 0.761. The Bertz CT molecular complexity index is 738. The van der Waals surface area contributed by atoms with Gasteiger partial charge in [0.05, 0.1) is 5.52 Å². The maximum Gasteiger partial charge on any atom is 0.137 e. The Labute approximate surface area is 131 Å². The van der Waals surface area contributed by atoms with E-state index in [1.54, 1.807) is 0 Å². The zero-order valence-electron chi connectivity index (χ0n) is 12.9. The van der Waals surface area contributed by atoms with Gasteiger partial charge in [0.15, 0.2) is 0 Å². The van der Waals surface area contributed by atoms with Crippen molar-refractivity contribution in [3.05, 3.63) is 66.0 Å². The molecule has 0 radical (unpaired) electrons. The van der Waals surface area contributed by atoms with Crippen molar-refractivity contribution >= 4 is 16.7 Å². The molecule has 2 aromatic carbocycles. The quantitative estimate of drug-likeness (QED) is 0.685. The predicted molar refractivity (Wildman–Crippen MR) is 92.1 cm³/mol. The molecule has 0 aliphatic carbocycles. The Morgan fingerprint density at radius 2 is 1.64 bits per heavy atom. The van der Waals surface area contributed by atoms with Gasteiger partial charge in [0, 0.05) is 11.9 Å². The molecule has 1 N–H and O–H groups in total. The lowest BCUT2D eigenvalue weighted by atomic mass is 10.1. The van der Waals surface area contributed by atoms with Crippen LogP contribution in [0.2, 0.25) is 0 Å². The van der Waals surface area contributed by atoms with Crippen LogP contribution in [0.5, 0.6) is 0 Å². The molecule has 0 saturated carbocycles. The van der Waals surface area contributed by atoms with Gasteiger partial charge in [-0.3, -0.25) is 0 Å². The van der Waals surface area contributed by atoms with E-state index < -0.39 is 0 Å². The molecule has 3 nitrogen and oxygen atoms in total. The number of anilines is 1. The minimum Gasteiger partial charge on any atom is -0.369 e. The van der Waals surface area contributed by atoms with E-state index in [0.29, 0.717) is 0 Å². The van der Waals surface area contributed by atoms with E-state index >= 15 is 0 Å². The van der Waals surface area contributed by atoms with E-state index in [9.17, 15) is 0 Å². The number of aromatic nitrogens is 2. The van der Waals surface area contributed by atoms with E-state index in [-0.39, 0.29) is 0 Å². The molecule has 1 heterocycles. The van der Waals surface area contributed by atoms with Gasteiger partial charge in [-0.2, -0.15) is 0 Å². The van der Waals surface area contributed by atoms with Crippen molar-refractivity contribution < 1.29 is 0 Å². The monoisotopic (exact) mass is 291 g/mol. The second kappa shape index (κ2) is 7.03. The van der Waals surface area contributed by atoms with E-state index in [1.165, 1.54) is 12.0 Å². The summed E-state index contributed by atoms with van der Waals surface area (Å²) in [6.45, 7) is 2.88. The molecule has 0 aliphatic heterocycles. The van der Waals surface area contributed by atoms with Crippen LogP contribution in [0.3, 0.4) is 0 Å². The van der Waals surface area contributed by atoms with Gasteiger partial charge in [-0.25, -0.2) is 9.97 Å². The SMILES string of the molecule is Cc1nc(NCCCCc2ccccc2)c2ccccc2n1. The molecular weight excluding hydrogens is 270 g/mol. The van der Waals surface area contributed by atoms with Gasteiger partial charge in [0.1, 0.15) is 11.6 Å². The van der Waals surface area contributed by atoms with E-state index in [1.807, 2.05) is 25.1 Å². The van der Waals surface area contributed by atoms with Crippen molar-refractivity contribution in [2.45, 2.75) is 26.2 Å². The number of para-hydroxylation sites is 1. The van der Waals surface area contributed by atoms with Crippen LogP contribution in [0.15, 0.2) is 54.6 Å². The summed E-state index contributed by atoms with van der Waals surface area (Å²) in [5.41, 5.74) is 2.41. The number of benzene rings is 2. The zero-order valence-corrected chi connectivity index (χ0v) is 12.9. The highest BCUT2D eigenvalue weighted by atomic mass is 15.0. The average Bonchev–Trinajstić information content (AvgIpc) is 2.55. The number of nitrogens with one attached hydrogen (secondary N) is 1. The number of aryl methyl sites for hydroxylation is 2. The summed E-state index contributed by atoms with van der Waals surface area (Å²) in [6.07, 6.45) is 3.44. The number of rotatable bonds is 6. The Morgan fingerprint density at radius 1 is 0.864 bits per heavy atom. The number of fused-ring (bicyclic) bond motifs is 1. The Morgan fingerprint density at radius 3 is 2.50 bits per heavy atom. The molecule has 0 unspecified atom stereocenters. The molecule has 0 fully saturated rings. The summed E-state index contributed by atoms with van der Waals surface area (Å²) in [7, 11) is 0. The van der Waals surface area contributed by atoms with Crippen LogP contribution >= 0.6 is 0 Å². The Balaban J connectivity index is 1.56. The van der Waals surface area contributed by atoms with Crippen LogP contribution in [0.4, 0.5) is 5.82 Å². The number of unbranched alkanes of at least 4 members (excludes halogenated alkanes) is 1. The van der Waals surface area contributed by atoms with Crippen LogP contribution in [-0.4, -0.2) is 16.5 Å². The maximum atomic E-state index is 4.53. The molecule has 112 valence electrons. The molecule has 0 atom stereocenters. The van der Waals surface area contributed by atoms with Gasteiger partial charge in [0.2, 0.25) is 0 Å². The van der Waals surface area contributed by atoms with E-state index in [2.05, 4.69) is 51.7 Å². The number of hydrogen-bond acceptors (Lipinski definition) is 3. The molecule has 3 rings (SSSR count). The number of hydrogen-bond donors (Lipinski definition) is 1. The summed E-state index contributed by atoms with van der Waals surface area (Å²) < 4.78 is 0. The van der Waals surface area contributed by atoms with Crippen LogP contribution in [0.1, 0.15) is 24.2 Å². The minimum atomic E-state index is 0.811. The molecule has 3 aromatic rings. The second-order valence-corrected chi connectivity index (χ2v) is 5.51. The molecule has 22 heavy (non-hydrogen) atoms. The normalized spacial score (nSPS) is 10.8. The summed E-state index contributed by atoms with van der Waals surface area (Å²) >= 11 is 0. The Hall–Kier alpha value is -2.42. The summed E-state index contributed by atoms with van der Waals surface area (Å²) in [5, 5.41) is 4.56. The number of nitrogens with zero attached hydrogens (tertiary/aromatic N) is 2. The van der Waals surface area contributed by atoms with Crippen molar-refractivity contribution in [3.8, 4) is 0 Å². The lowest BCUT2D eigenvalue weighted by Gasteiger charge is -2.09. The van der Waals surface area contributed by atoms with Gasteiger partial charge in [-0.15, -0.1) is 0 Å². The van der Waals surface area contributed by atoms with Crippen molar-refractivity contribution in [2.24, 2.45) is 0 Å². The average molecular weight is 291 g/mol. The molecule has 0 aliphatic rings. The van der Waals surface area contributed by atoms with Crippen LogP contribution in [0.25, 0.3) is 10.9 Å². The third-order valence-electron chi connectivity index (χ3n) is 3.74. The topological polar surface area (TPSA) is 37.8 Å². The standard InChI is InChI=1S/C19H21N3/c1-15-21-18-13-6-5-12-17(18)19(22-15)20-14-8-7-11-16-9-3-2-4-10-16/h2-6,9-10,12-13H,7-8,11,14H2,1H3,(H,20,21,22). The fraction of sp³-hybridized carbons (Fsp3) is 0.263. The predicted octanol–water partition coefficient (Wildman–Crippen LogP) is 4.37. The van der Waals surface area contributed by atoms with Gasteiger partial charge >= 0.3 is 0 Å². The first kappa shape index (κ1) is 14.5. The first-order chi connectivity index (χ1) is 10.8. The fourth-order valence-corrected chi connectivity index (χ4v) is 2.63. The summed E-state index contributed by atoms with van der Waals surface area (Å²) in [4.78, 5) is 9.00. The molecule has 0 saturated heterocycles. The highest BCUT2D eigenvalue weighted by Crippen LogP contribution is 2.19. The van der Waals surface area contributed by atoms with E-state index in [0.717, 1.165) is 41.9 Å². The summed E-state index contributed by atoms with van der Waals surface area (Å²) in [6, 6.07) is 18.8. The van der Waals surface area contributed by atoms with Gasteiger partial charge < -0.3 is 5.32 Å². The molecule has 0 bridgehead atoms. The fourth-order valence-electron chi connectivity index (χ4n) is 2.63. The van der Waals surface area contributed by atoms with Crippen molar-refractivity contribution in [3.63, 3.8) is 0 Å². The molecule has 0 spiro atoms. The molecule has 3 heteroatoms. The lowest BCUT2D eigenvalue weighted by Crippen LogP contribution is -2.06. The molecule has 1 aromatic heterocycles. The molecular formula is C19H21N3. The van der Waals surface area contributed by atoms with Gasteiger partial charge in [-0.05, 0) is 43.9 Å². The third kappa shape index (κ3) is 3.61. The van der Waals surface area contributed by atoms with Gasteiger partial charge in [0.25, 0.3) is 0 Å². The van der Waals surface area contributed by atoms with Crippen LogP contribution in [-0.2, 0) is 6.42 Å². The highest BCUT2D eigenvalue weighted by Gasteiger charge is 2.04. The maximum absolute atomic E-state index is 4.53. The van der Waals surface area contributed by atoms with Crippen molar-refractivity contribution in [2.75, 3.05) is 11.9 Å². The smallest absolute Gasteiger partial charge is 0.137 e.